The van der Waals surface area contributed by atoms with E-state index in [1.165, 1.54) is 0 Å². The summed E-state index contributed by atoms with van der Waals surface area (Å²) in [6, 6.07) is 12.5. The van der Waals surface area contributed by atoms with Gasteiger partial charge in [0, 0.05) is 0 Å². The highest BCUT2D eigenvalue weighted by Gasteiger charge is 2.17. The molecule has 0 bridgehead atoms. The Labute approximate surface area is 141 Å². The highest BCUT2D eigenvalue weighted by Crippen LogP contribution is 2.31. The molecule has 0 aliphatic rings. The Balaban J connectivity index is 2.23. The van der Waals surface area contributed by atoms with Crippen molar-refractivity contribution in [1.82, 2.24) is 5.32 Å². The molecule has 1 atom stereocenters. The largest absolute Gasteiger partial charge is 0.493 e. The van der Waals surface area contributed by atoms with Gasteiger partial charge in [0.05, 0.1) is 30.8 Å². The van der Waals surface area contributed by atoms with E-state index in [1.54, 1.807) is 38.5 Å². The molecule has 2 rings (SSSR count). The molecular weight excluding hydrogens is 314 g/mol. The Bertz CT molecular complexity index is 688. The predicted octanol–water partition coefficient (Wildman–Crippen LogP) is 4.24. The summed E-state index contributed by atoms with van der Waals surface area (Å²) in [6.45, 7) is 2.01. The average Bonchev–Trinajstić information content (AvgIpc) is 2.59. The first-order valence-electron chi connectivity index (χ1n) is 7.38. The van der Waals surface area contributed by atoms with Crippen LogP contribution in [0.5, 0.6) is 11.5 Å². The van der Waals surface area contributed by atoms with Crippen molar-refractivity contribution in [2.75, 3.05) is 14.2 Å². The van der Waals surface area contributed by atoms with E-state index in [0.717, 1.165) is 12.0 Å². The van der Waals surface area contributed by atoms with Gasteiger partial charge in [-0.2, -0.15) is 0 Å². The Morgan fingerprint density at radius 1 is 1.13 bits per heavy atom. The fourth-order valence-electron chi connectivity index (χ4n) is 2.37. The number of hydrogen-bond acceptors (Lipinski definition) is 3. The van der Waals surface area contributed by atoms with Gasteiger partial charge in [0.1, 0.15) is 0 Å². The number of halogens is 1. The average molecular weight is 334 g/mol. The lowest BCUT2D eigenvalue weighted by molar-refractivity contribution is 0.0935. The van der Waals surface area contributed by atoms with Gasteiger partial charge in [-0.05, 0) is 36.2 Å². The number of rotatable bonds is 6. The van der Waals surface area contributed by atoms with E-state index in [2.05, 4.69) is 5.32 Å². The maximum absolute atomic E-state index is 12.4. The van der Waals surface area contributed by atoms with Crippen molar-refractivity contribution in [3.8, 4) is 11.5 Å². The normalized spacial score (nSPS) is 11.7. The van der Waals surface area contributed by atoms with Gasteiger partial charge in [0.25, 0.3) is 5.91 Å². The lowest BCUT2D eigenvalue weighted by Crippen LogP contribution is -2.28. The Hall–Kier alpha value is -2.20. The van der Waals surface area contributed by atoms with E-state index in [9.17, 15) is 4.79 Å². The quantitative estimate of drug-likeness (QED) is 0.860. The molecule has 0 spiro atoms. The summed E-state index contributed by atoms with van der Waals surface area (Å²) < 4.78 is 10.6. The zero-order chi connectivity index (χ0) is 16.8. The second-order valence-corrected chi connectivity index (χ2v) is 5.44. The number of nitrogens with one attached hydrogen (secondary N) is 1. The van der Waals surface area contributed by atoms with E-state index in [1.807, 2.05) is 25.1 Å². The summed E-state index contributed by atoms with van der Waals surface area (Å²) in [5.74, 6) is 1.09. The molecular formula is C18H20ClNO3. The maximum Gasteiger partial charge on any atom is 0.253 e. The van der Waals surface area contributed by atoms with Gasteiger partial charge in [-0.1, -0.05) is 36.7 Å². The van der Waals surface area contributed by atoms with E-state index in [0.29, 0.717) is 22.1 Å². The van der Waals surface area contributed by atoms with E-state index < -0.39 is 0 Å². The lowest BCUT2D eigenvalue weighted by atomic mass is 10.0. The number of carbonyl (C=O) groups excluding carboxylic acids is 1. The zero-order valence-corrected chi connectivity index (χ0v) is 14.2. The van der Waals surface area contributed by atoms with Crippen LogP contribution in [0.3, 0.4) is 0 Å². The van der Waals surface area contributed by atoms with Crippen molar-refractivity contribution in [1.29, 1.82) is 0 Å². The van der Waals surface area contributed by atoms with E-state index in [-0.39, 0.29) is 11.9 Å². The van der Waals surface area contributed by atoms with Crippen molar-refractivity contribution in [3.05, 3.63) is 58.6 Å². The Morgan fingerprint density at radius 3 is 2.43 bits per heavy atom. The maximum atomic E-state index is 12.4. The summed E-state index contributed by atoms with van der Waals surface area (Å²) >= 11 is 6.08. The van der Waals surface area contributed by atoms with Crippen molar-refractivity contribution >= 4 is 17.5 Å². The molecule has 1 N–H and O–H groups in total. The SMILES string of the molecule is CCC(NC(=O)c1ccccc1Cl)c1ccc(OC)c(OC)c1. The second-order valence-electron chi connectivity index (χ2n) is 5.03. The lowest BCUT2D eigenvalue weighted by Gasteiger charge is -2.19. The van der Waals surface area contributed by atoms with Crippen molar-refractivity contribution in [2.45, 2.75) is 19.4 Å². The van der Waals surface area contributed by atoms with Crippen LogP contribution in [-0.4, -0.2) is 20.1 Å². The molecule has 0 radical (unpaired) electrons. The number of carbonyl (C=O) groups is 1. The smallest absolute Gasteiger partial charge is 0.253 e. The summed E-state index contributed by atoms with van der Waals surface area (Å²) in [5, 5.41) is 3.45. The van der Waals surface area contributed by atoms with Crippen molar-refractivity contribution in [2.24, 2.45) is 0 Å². The topological polar surface area (TPSA) is 47.6 Å². The zero-order valence-electron chi connectivity index (χ0n) is 13.4. The number of ether oxygens (including phenoxy) is 2. The van der Waals surface area contributed by atoms with Gasteiger partial charge in [0.15, 0.2) is 11.5 Å². The summed E-state index contributed by atoms with van der Waals surface area (Å²) in [7, 11) is 3.18. The third kappa shape index (κ3) is 3.96. The highest BCUT2D eigenvalue weighted by molar-refractivity contribution is 6.33. The fraction of sp³-hybridized carbons (Fsp3) is 0.278. The Kier molecular flexibility index (Phi) is 5.88. The van der Waals surface area contributed by atoms with Crippen LogP contribution >= 0.6 is 11.6 Å². The fourth-order valence-corrected chi connectivity index (χ4v) is 2.59. The molecule has 0 aromatic heterocycles. The summed E-state index contributed by atoms with van der Waals surface area (Å²) in [6.07, 6.45) is 0.742. The number of amides is 1. The summed E-state index contributed by atoms with van der Waals surface area (Å²) in [4.78, 5) is 12.4. The molecule has 0 aliphatic carbocycles. The van der Waals surface area contributed by atoms with Crippen LogP contribution in [0, 0.1) is 0 Å². The van der Waals surface area contributed by atoms with Crippen LogP contribution in [0.15, 0.2) is 42.5 Å². The second kappa shape index (κ2) is 7.88. The number of benzene rings is 2. The van der Waals surface area contributed by atoms with Crippen LogP contribution in [-0.2, 0) is 0 Å². The molecule has 0 aliphatic heterocycles. The molecule has 122 valence electrons. The van der Waals surface area contributed by atoms with Gasteiger partial charge >= 0.3 is 0 Å². The van der Waals surface area contributed by atoms with Gasteiger partial charge in [-0.3, -0.25) is 4.79 Å². The molecule has 23 heavy (non-hydrogen) atoms. The van der Waals surface area contributed by atoms with Crippen LogP contribution in [0.4, 0.5) is 0 Å². The van der Waals surface area contributed by atoms with Crippen LogP contribution < -0.4 is 14.8 Å². The van der Waals surface area contributed by atoms with Crippen LogP contribution in [0.2, 0.25) is 5.02 Å². The first-order valence-corrected chi connectivity index (χ1v) is 7.75. The predicted molar refractivity (Wildman–Crippen MR) is 91.5 cm³/mol. The van der Waals surface area contributed by atoms with Crippen molar-refractivity contribution in [3.63, 3.8) is 0 Å². The van der Waals surface area contributed by atoms with Crippen LogP contribution in [0.25, 0.3) is 0 Å². The number of methoxy groups -OCH3 is 2. The minimum absolute atomic E-state index is 0.140. The standard InChI is InChI=1S/C18H20ClNO3/c1-4-15(12-9-10-16(22-2)17(11-12)23-3)20-18(21)13-7-5-6-8-14(13)19/h5-11,15H,4H2,1-3H3,(H,20,21). The molecule has 0 saturated carbocycles. The minimum Gasteiger partial charge on any atom is -0.493 e. The van der Waals surface area contributed by atoms with E-state index in [4.69, 9.17) is 21.1 Å². The minimum atomic E-state index is -0.197. The molecule has 5 heteroatoms. The van der Waals surface area contributed by atoms with Crippen LogP contribution in [0.1, 0.15) is 35.3 Å². The van der Waals surface area contributed by atoms with Gasteiger partial charge in [-0.15, -0.1) is 0 Å². The monoisotopic (exact) mass is 333 g/mol. The summed E-state index contributed by atoms with van der Waals surface area (Å²) in [5.41, 5.74) is 1.42. The van der Waals surface area contributed by atoms with Gasteiger partial charge in [-0.25, -0.2) is 0 Å². The Morgan fingerprint density at radius 2 is 1.83 bits per heavy atom. The highest BCUT2D eigenvalue weighted by atomic mass is 35.5. The molecule has 4 nitrogen and oxygen atoms in total. The van der Waals surface area contributed by atoms with Gasteiger partial charge < -0.3 is 14.8 Å². The van der Waals surface area contributed by atoms with Crippen molar-refractivity contribution < 1.29 is 14.3 Å². The molecule has 1 amide bonds. The molecule has 0 heterocycles. The van der Waals surface area contributed by atoms with Gasteiger partial charge in [0.2, 0.25) is 0 Å². The third-order valence-electron chi connectivity index (χ3n) is 3.64. The first-order chi connectivity index (χ1) is 11.1. The first kappa shape index (κ1) is 17.2. The molecule has 0 fully saturated rings. The third-order valence-corrected chi connectivity index (χ3v) is 3.97. The van der Waals surface area contributed by atoms with E-state index >= 15 is 0 Å². The molecule has 2 aromatic rings. The number of hydrogen-bond donors (Lipinski definition) is 1. The molecule has 1 unspecified atom stereocenters. The molecule has 2 aromatic carbocycles. The molecule has 0 saturated heterocycles.